The van der Waals surface area contributed by atoms with Crippen molar-refractivity contribution < 1.29 is 4.42 Å². The smallest absolute Gasteiger partial charge is 0.164 e. The fraction of sp³-hybridized carbons (Fsp3) is 0. The van der Waals surface area contributed by atoms with Gasteiger partial charge in [0.25, 0.3) is 0 Å². The summed E-state index contributed by atoms with van der Waals surface area (Å²) in [4.78, 5) is 10.5. The fourth-order valence-electron chi connectivity index (χ4n) is 11.2. The maximum atomic E-state index is 10.8. The molecule has 0 N–H and O–H groups in total. The predicted octanol–water partition coefficient (Wildman–Crippen LogP) is 17.5. The van der Waals surface area contributed by atoms with Gasteiger partial charge in [0.1, 0.15) is 22.8 Å². The quantitative estimate of drug-likeness (QED) is 0.166. The van der Waals surface area contributed by atoms with Crippen molar-refractivity contribution in [2.24, 2.45) is 0 Å². The van der Waals surface area contributed by atoms with Crippen molar-refractivity contribution >= 4 is 97.1 Å². The Morgan fingerprint density at radius 2 is 0.972 bits per heavy atom. The van der Waals surface area contributed by atoms with E-state index in [0.29, 0.717) is 28.4 Å². The summed E-state index contributed by atoms with van der Waals surface area (Å²) < 4.78 is 14.4. The van der Waals surface area contributed by atoms with Crippen molar-refractivity contribution in [3.8, 4) is 62.5 Å². The van der Waals surface area contributed by atoms with Gasteiger partial charge in [0.05, 0.1) is 50.1 Å². The van der Waals surface area contributed by atoms with Crippen LogP contribution in [-0.2, 0) is 0 Å². The van der Waals surface area contributed by atoms with Crippen molar-refractivity contribution in [2.75, 3.05) is 0 Å². The van der Waals surface area contributed by atoms with Gasteiger partial charge in [-0.3, -0.25) is 0 Å². The number of furan rings is 1. The Hall–Kier alpha value is -9.61. The molecule has 334 valence electrons. The molecular weight excluding hydrogens is 899 g/mol. The summed E-state index contributed by atoms with van der Waals surface area (Å²) in [6, 6.07) is 81.5. The van der Waals surface area contributed by atoms with Crippen LogP contribution in [0.3, 0.4) is 0 Å². The van der Waals surface area contributed by atoms with Crippen LogP contribution in [0.5, 0.6) is 0 Å². The summed E-state index contributed by atoms with van der Waals surface area (Å²) in [5.41, 5.74) is 14.2. The van der Waals surface area contributed by atoms with Crippen LogP contribution in [0.4, 0.5) is 0 Å². The van der Waals surface area contributed by atoms with Crippen LogP contribution in [-0.4, -0.2) is 19.1 Å². The molecule has 5 aromatic heterocycles. The third kappa shape index (κ3) is 6.00. The number of fused-ring (bicyclic) bond motifs is 12. The summed E-state index contributed by atoms with van der Waals surface area (Å²) in [7, 11) is 0. The van der Waals surface area contributed by atoms with E-state index in [2.05, 4.69) is 167 Å². The predicted molar refractivity (Wildman–Crippen MR) is 297 cm³/mol. The summed E-state index contributed by atoms with van der Waals surface area (Å²) in [6.45, 7) is 0. The van der Waals surface area contributed by atoms with Gasteiger partial charge in [0, 0.05) is 63.9 Å². The molecule has 0 aliphatic carbocycles. The van der Waals surface area contributed by atoms with Crippen LogP contribution in [0.15, 0.2) is 229 Å². The van der Waals surface area contributed by atoms with Gasteiger partial charge < -0.3 is 13.6 Å². The van der Waals surface area contributed by atoms with Gasteiger partial charge in [-0.2, -0.15) is 5.26 Å². The summed E-state index contributed by atoms with van der Waals surface area (Å²) in [6.07, 6.45) is 0. The Morgan fingerprint density at radius 1 is 0.417 bits per heavy atom. The first kappa shape index (κ1) is 40.3. The molecule has 0 fully saturated rings. The molecule has 0 atom stereocenters. The number of hydrogen-bond acceptors (Lipinski definition) is 5. The standard InChI is InChI=1S/C65H37N5OS/c66-38-52-62(39-16-4-1-5-17-39)67-65(68-63(52)40-18-6-2-7-19-40)47-30-32-55(61-46-24-11-14-26-58(46)71-64(47)61)70-54-31-28-41(42-29-33-60-51(35-42)45-23-12-15-27-59(45)72-60)34-48(54)50-37-56-49(36-57(50)70)44-22-10-13-25-53(44)69(56)43-20-8-3-9-21-43/h1-37H. The molecule has 15 aromatic rings. The zero-order valence-electron chi connectivity index (χ0n) is 38.4. The van der Waals surface area contributed by atoms with Gasteiger partial charge in [0.2, 0.25) is 0 Å². The lowest BCUT2D eigenvalue weighted by molar-refractivity contribution is 0.669. The van der Waals surface area contributed by atoms with Crippen molar-refractivity contribution in [1.82, 2.24) is 19.1 Å². The first-order valence-electron chi connectivity index (χ1n) is 24.0. The lowest BCUT2D eigenvalue weighted by atomic mass is 9.99. The lowest BCUT2D eigenvalue weighted by Crippen LogP contribution is -2.02. The number of hydrogen-bond donors (Lipinski definition) is 0. The number of para-hydroxylation sites is 3. The minimum Gasteiger partial charge on any atom is -0.455 e. The normalized spacial score (nSPS) is 11.9. The number of thiophene rings is 1. The number of benzene rings is 10. The highest BCUT2D eigenvalue weighted by Crippen LogP contribution is 2.46. The molecule has 0 bridgehead atoms. The highest BCUT2D eigenvalue weighted by atomic mass is 32.1. The van der Waals surface area contributed by atoms with E-state index in [-0.39, 0.29) is 0 Å². The van der Waals surface area contributed by atoms with E-state index in [0.717, 1.165) is 82.8 Å². The molecule has 0 aliphatic heterocycles. The van der Waals surface area contributed by atoms with E-state index in [1.807, 2.05) is 84.1 Å². The second-order valence-corrected chi connectivity index (χ2v) is 19.4. The third-order valence-electron chi connectivity index (χ3n) is 14.4. The van der Waals surface area contributed by atoms with Gasteiger partial charge >= 0.3 is 0 Å². The second kappa shape index (κ2) is 15.7. The zero-order valence-corrected chi connectivity index (χ0v) is 39.2. The topological polar surface area (TPSA) is 72.6 Å². The first-order valence-corrected chi connectivity index (χ1v) is 24.8. The van der Waals surface area contributed by atoms with Crippen LogP contribution in [0.2, 0.25) is 0 Å². The minimum atomic E-state index is 0.418. The molecule has 10 aromatic carbocycles. The zero-order chi connectivity index (χ0) is 47.4. The molecule has 7 heteroatoms. The maximum Gasteiger partial charge on any atom is 0.164 e. The largest absolute Gasteiger partial charge is 0.455 e. The number of nitrogens with zero attached hydrogens (tertiary/aromatic N) is 5. The van der Waals surface area contributed by atoms with Crippen molar-refractivity contribution in [2.45, 2.75) is 0 Å². The van der Waals surface area contributed by atoms with Gasteiger partial charge in [-0.1, -0.05) is 146 Å². The van der Waals surface area contributed by atoms with Gasteiger partial charge in [-0.05, 0) is 90.0 Å². The van der Waals surface area contributed by atoms with Gasteiger partial charge in [-0.25, -0.2) is 9.97 Å². The van der Waals surface area contributed by atoms with Crippen molar-refractivity contribution in [3.05, 3.63) is 230 Å². The first-order chi connectivity index (χ1) is 35.7. The molecule has 0 radical (unpaired) electrons. The summed E-state index contributed by atoms with van der Waals surface area (Å²) >= 11 is 1.84. The van der Waals surface area contributed by atoms with Crippen LogP contribution in [0, 0.1) is 11.3 Å². The SMILES string of the molecule is N#Cc1c(-c2ccccc2)nc(-c2ccc(-n3c4ccc(-c5ccc6sc7ccccc7c6c5)cc4c4cc5c(cc43)c3ccccc3n5-c3ccccc3)c3c2oc2ccccc23)nc1-c1ccccc1. The second-order valence-electron chi connectivity index (χ2n) is 18.3. The Kier molecular flexibility index (Phi) is 8.79. The van der Waals surface area contributed by atoms with Crippen LogP contribution in [0.1, 0.15) is 5.56 Å². The fourth-order valence-corrected chi connectivity index (χ4v) is 12.2. The molecule has 5 heterocycles. The monoisotopic (exact) mass is 935 g/mol. The molecular formula is C65H37N5OS. The Labute approximate surface area is 416 Å². The molecule has 15 rings (SSSR count). The van der Waals surface area contributed by atoms with E-state index in [4.69, 9.17) is 14.4 Å². The van der Waals surface area contributed by atoms with Crippen molar-refractivity contribution in [1.29, 1.82) is 5.26 Å². The maximum absolute atomic E-state index is 10.8. The van der Waals surface area contributed by atoms with E-state index < -0.39 is 0 Å². The molecule has 6 nitrogen and oxygen atoms in total. The van der Waals surface area contributed by atoms with E-state index >= 15 is 0 Å². The molecule has 0 unspecified atom stereocenters. The third-order valence-corrected chi connectivity index (χ3v) is 15.5. The number of aromatic nitrogens is 4. The Bertz CT molecular complexity index is 4690. The molecule has 0 saturated heterocycles. The Balaban J connectivity index is 1.03. The van der Waals surface area contributed by atoms with Crippen LogP contribution in [0.25, 0.3) is 142 Å². The summed E-state index contributed by atoms with van der Waals surface area (Å²) in [5, 5.41) is 19.9. The van der Waals surface area contributed by atoms with Crippen molar-refractivity contribution in [3.63, 3.8) is 0 Å². The number of nitriles is 1. The molecule has 0 amide bonds. The Morgan fingerprint density at radius 3 is 1.71 bits per heavy atom. The highest BCUT2D eigenvalue weighted by molar-refractivity contribution is 7.25. The summed E-state index contributed by atoms with van der Waals surface area (Å²) in [5.74, 6) is 0.472. The van der Waals surface area contributed by atoms with Gasteiger partial charge in [-0.15, -0.1) is 11.3 Å². The van der Waals surface area contributed by atoms with Gasteiger partial charge in [0.15, 0.2) is 5.82 Å². The molecule has 0 saturated carbocycles. The average Bonchev–Trinajstić information content (AvgIpc) is 4.20. The lowest BCUT2D eigenvalue weighted by Gasteiger charge is -2.14. The molecule has 0 aliphatic rings. The van der Waals surface area contributed by atoms with Crippen LogP contribution >= 0.6 is 11.3 Å². The van der Waals surface area contributed by atoms with Crippen LogP contribution < -0.4 is 0 Å². The average molecular weight is 936 g/mol. The number of rotatable bonds is 6. The van der Waals surface area contributed by atoms with E-state index in [9.17, 15) is 5.26 Å². The van der Waals surface area contributed by atoms with E-state index in [1.54, 1.807) is 0 Å². The van der Waals surface area contributed by atoms with E-state index in [1.165, 1.54) is 36.5 Å². The minimum absolute atomic E-state index is 0.418. The molecule has 72 heavy (non-hydrogen) atoms. The molecule has 0 spiro atoms. The highest BCUT2D eigenvalue weighted by Gasteiger charge is 2.26.